The Morgan fingerprint density at radius 1 is 0.952 bits per heavy atom. The molecule has 3 fully saturated rings. The Hall–Kier alpha value is -0.460. The first-order valence-electron chi connectivity index (χ1n) is 16.4. The van der Waals surface area contributed by atoms with Crippen LogP contribution in [0.3, 0.4) is 0 Å². The Kier molecular flexibility index (Phi) is 14.8. The average molecular weight is 618 g/mol. The molecule has 3 aliphatic rings. The van der Waals surface area contributed by atoms with Gasteiger partial charge < -0.3 is 39.2 Å². The highest BCUT2D eigenvalue weighted by atomic mass is 32.1. The number of thiol groups is 1. The second-order valence-corrected chi connectivity index (χ2v) is 13.8. The maximum Gasteiger partial charge on any atom is 0.311 e. The Morgan fingerprint density at radius 3 is 2.33 bits per heavy atom. The van der Waals surface area contributed by atoms with E-state index in [2.05, 4.69) is 45.6 Å². The maximum absolute atomic E-state index is 13.7. The lowest BCUT2D eigenvalue weighted by Gasteiger charge is -2.41. The highest BCUT2D eigenvalue weighted by Gasteiger charge is 2.40. The van der Waals surface area contributed by atoms with E-state index in [1.54, 1.807) is 0 Å². The molecule has 0 amide bonds. The molecule has 0 aliphatic carbocycles. The summed E-state index contributed by atoms with van der Waals surface area (Å²) >= 11 is 4.54. The molecule has 0 aromatic rings. The minimum Gasteiger partial charge on any atom is -0.462 e. The topological polar surface area (TPSA) is 116 Å². The third kappa shape index (κ3) is 10.0. The van der Waals surface area contributed by atoms with Crippen LogP contribution in [0.5, 0.6) is 0 Å². The van der Waals surface area contributed by atoms with Crippen molar-refractivity contribution in [2.45, 2.75) is 136 Å². The molecule has 3 heterocycles. The van der Waals surface area contributed by atoms with E-state index in [0.717, 1.165) is 25.1 Å². The zero-order chi connectivity index (χ0) is 31.0. The van der Waals surface area contributed by atoms with Gasteiger partial charge >= 0.3 is 5.97 Å². The minimum atomic E-state index is -0.716. The monoisotopic (exact) mass is 617 g/mol. The van der Waals surface area contributed by atoms with Gasteiger partial charge in [0.1, 0.15) is 12.2 Å². The molecular formula is C32H59NO8S. The molecule has 2 unspecified atom stereocenters. The molecule has 246 valence electrons. The van der Waals surface area contributed by atoms with Gasteiger partial charge in [0.2, 0.25) is 0 Å². The molecule has 0 saturated carbocycles. The molecule has 0 aromatic carbocycles. The predicted molar refractivity (Wildman–Crippen MR) is 165 cm³/mol. The Balaban J connectivity index is 1.91. The van der Waals surface area contributed by atoms with Gasteiger partial charge in [-0.05, 0) is 75.5 Å². The third-order valence-electron chi connectivity index (χ3n) is 9.86. The van der Waals surface area contributed by atoms with Gasteiger partial charge in [-0.3, -0.25) is 4.79 Å². The molecule has 10 heteroatoms. The molecule has 3 rings (SSSR count). The lowest BCUT2D eigenvalue weighted by Crippen LogP contribution is -2.47. The first kappa shape index (κ1) is 36.0. The van der Waals surface area contributed by atoms with Crippen LogP contribution in [-0.4, -0.2) is 90.8 Å². The second kappa shape index (κ2) is 17.3. The minimum absolute atomic E-state index is 0.0160. The summed E-state index contributed by atoms with van der Waals surface area (Å²) in [6, 6.07) is 0. The van der Waals surface area contributed by atoms with Crippen molar-refractivity contribution in [2.24, 2.45) is 35.5 Å². The summed E-state index contributed by atoms with van der Waals surface area (Å²) in [4.78, 5) is 13.7. The van der Waals surface area contributed by atoms with Crippen LogP contribution in [0.2, 0.25) is 0 Å². The van der Waals surface area contributed by atoms with Crippen LogP contribution in [0.1, 0.15) is 87.0 Å². The average Bonchev–Trinajstić information content (AvgIpc) is 2.94. The normalized spacial score (nSPS) is 45.4. The van der Waals surface area contributed by atoms with Gasteiger partial charge in [-0.15, -0.1) is 0 Å². The third-order valence-corrected chi connectivity index (χ3v) is 10.3. The number of nitrogens with one attached hydrogen (secondary N) is 1. The first-order chi connectivity index (χ1) is 19.9. The van der Waals surface area contributed by atoms with E-state index in [-0.39, 0.29) is 30.0 Å². The number of aliphatic hydroxyl groups is 2. The van der Waals surface area contributed by atoms with Gasteiger partial charge in [0, 0.05) is 31.9 Å². The number of hydrogen-bond acceptors (Lipinski definition) is 10. The summed E-state index contributed by atoms with van der Waals surface area (Å²) in [5, 5.41) is 25.0. The van der Waals surface area contributed by atoms with E-state index in [4.69, 9.17) is 23.7 Å². The lowest BCUT2D eigenvalue weighted by atomic mass is 9.85. The van der Waals surface area contributed by atoms with E-state index in [1.165, 1.54) is 0 Å². The largest absolute Gasteiger partial charge is 0.462 e. The smallest absolute Gasteiger partial charge is 0.311 e. The Bertz CT molecular complexity index is 794. The molecule has 3 aliphatic heterocycles. The molecular weight excluding hydrogens is 558 g/mol. The van der Waals surface area contributed by atoms with Crippen LogP contribution in [0, 0.1) is 35.5 Å². The number of carbonyl (C=O) groups excluding carboxylic acids is 1. The van der Waals surface area contributed by atoms with Crippen LogP contribution in [-0.2, 0) is 28.5 Å². The molecule has 0 radical (unpaired) electrons. The fourth-order valence-electron chi connectivity index (χ4n) is 6.77. The summed E-state index contributed by atoms with van der Waals surface area (Å²) in [6.45, 7) is 16.1. The number of esters is 1. The molecule has 14 atom stereocenters. The highest BCUT2D eigenvalue weighted by Crippen LogP contribution is 2.35. The number of cyclic esters (lactones) is 1. The summed E-state index contributed by atoms with van der Waals surface area (Å²) in [7, 11) is 0. The fraction of sp³-hybridized carbons (Fsp3) is 0.969. The van der Waals surface area contributed by atoms with Crippen molar-refractivity contribution in [1.82, 2.24) is 5.32 Å². The molecule has 0 aromatic heterocycles. The van der Waals surface area contributed by atoms with Crippen molar-refractivity contribution in [3.63, 3.8) is 0 Å². The summed E-state index contributed by atoms with van der Waals surface area (Å²) < 4.78 is 31.4. The van der Waals surface area contributed by atoms with Crippen LogP contribution in [0.4, 0.5) is 0 Å². The van der Waals surface area contributed by atoms with Gasteiger partial charge in [0.25, 0.3) is 0 Å². The lowest BCUT2D eigenvalue weighted by molar-refractivity contribution is -0.264. The highest BCUT2D eigenvalue weighted by molar-refractivity contribution is 7.80. The van der Waals surface area contributed by atoms with Gasteiger partial charge in [-0.2, -0.15) is 12.6 Å². The van der Waals surface area contributed by atoms with Gasteiger partial charge in [0.15, 0.2) is 12.6 Å². The van der Waals surface area contributed by atoms with Crippen LogP contribution in [0.25, 0.3) is 0 Å². The van der Waals surface area contributed by atoms with Crippen molar-refractivity contribution in [3.8, 4) is 0 Å². The summed E-state index contributed by atoms with van der Waals surface area (Å²) in [5.41, 5.74) is 0. The van der Waals surface area contributed by atoms with Crippen LogP contribution >= 0.6 is 12.6 Å². The molecule has 9 nitrogen and oxygen atoms in total. The number of carbonyl (C=O) groups is 1. The van der Waals surface area contributed by atoms with Crippen molar-refractivity contribution in [2.75, 3.05) is 25.4 Å². The molecule has 0 spiro atoms. The van der Waals surface area contributed by atoms with E-state index >= 15 is 0 Å². The first-order valence-corrected chi connectivity index (χ1v) is 17.0. The number of β-amino-alcohol motifs (C(OH)–C–C–N with tert-alkyl or cyclic N) is 1. The van der Waals surface area contributed by atoms with E-state index in [9.17, 15) is 15.0 Å². The standard InChI is InChI=1S/C32H59NO8S/c1-8-27-21(5)26(35)16-33-15-18(2)12-20(4)28(41-32-25(34)10-9-11-37-32)14-29(22(6)31(36)40-27)39-30-13-19(3)24(17-42)23(7)38-30/h18-30,32-35,42H,8-17H2,1-7H3/t18-,19?,20+,21-,22-,23+,24?,25-,26-,27-,28-,29+,30+,32+/m1/s1. The maximum atomic E-state index is 13.7. The quantitative estimate of drug-likeness (QED) is 0.257. The zero-order valence-corrected chi connectivity index (χ0v) is 27.8. The van der Waals surface area contributed by atoms with Gasteiger partial charge in [0.05, 0.1) is 30.3 Å². The van der Waals surface area contributed by atoms with Gasteiger partial charge in [-0.1, -0.05) is 34.6 Å². The number of ether oxygens (including phenoxy) is 5. The Morgan fingerprint density at radius 2 is 1.69 bits per heavy atom. The second-order valence-electron chi connectivity index (χ2n) is 13.4. The molecule has 3 N–H and O–H groups in total. The number of aliphatic hydroxyl groups excluding tert-OH is 2. The van der Waals surface area contributed by atoms with Crippen molar-refractivity contribution >= 4 is 18.6 Å². The van der Waals surface area contributed by atoms with Crippen LogP contribution < -0.4 is 5.32 Å². The van der Waals surface area contributed by atoms with E-state index in [0.29, 0.717) is 56.6 Å². The molecule has 0 bridgehead atoms. The molecule has 3 saturated heterocycles. The van der Waals surface area contributed by atoms with E-state index in [1.807, 2.05) is 20.8 Å². The fourth-order valence-corrected chi connectivity index (χ4v) is 7.43. The van der Waals surface area contributed by atoms with Crippen LogP contribution in [0.15, 0.2) is 0 Å². The van der Waals surface area contributed by atoms with Crippen molar-refractivity contribution < 1.29 is 38.7 Å². The summed E-state index contributed by atoms with van der Waals surface area (Å²) in [6.07, 6.45) is 0.200. The van der Waals surface area contributed by atoms with E-state index < -0.39 is 42.9 Å². The number of rotatable bonds is 6. The number of hydrogen-bond donors (Lipinski definition) is 4. The van der Waals surface area contributed by atoms with Crippen molar-refractivity contribution in [1.29, 1.82) is 0 Å². The predicted octanol–water partition coefficient (Wildman–Crippen LogP) is 4.18. The zero-order valence-electron chi connectivity index (χ0n) is 26.9. The molecule has 42 heavy (non-hydrogen) atoms. The SMILES string of the molecule is CC[C@H]1OC(=O)[C@H](C)[C@@H](O[C@H]2CC(C)C(CS)[C@H](C)O2)C[C@@H](O[C@@H]2OCCC[C@H]2O)[C@@H](C)C[C@@H](C)CNC[C@@H](O)[C@H]1C. The van der Waals surface area contributed by atoms with Crippen molar-refractivity contribution in [3.05, 3.63) is 0 Å². The summed E-state index contributed by atoms with van der Waals surface area (Å²) in [5.74, 6) is 0.659. The Labute approximate surface area is 259 Å². The van der Waals surface area contributed by atoms with Gasteiger partial charge in [-0.25, -0.2) is 0 Å².